The zero-order chi connectivity index (χ0) is 20.1. The molecular formula is C21H25N5O2. The highest BCUT2D eigenvalue weighted by molar-refractivity contribution is 6.02. The van der Waals surface area contributed by atoms with Gasteiger partial charge in [-0.3, -0.25) is 14.0 Å². The van der Waals surface area contributed by atoms with E-state index in [0.717, 1.165) is 17.7 Å². The number of hydrogen-bond acceptors (Lipinski definition) is 4. The normalized spacial score (nSPS) is 11.0. The Kier molecular flexibility index (Phi) is 6.06. The molecule has 0 atom stereocenters. The van der Waals surface area contributed by atoms with Crippen molar-refractivity contribution >= 4 is 17.3 Å². The van der Waals surface area contributed by atoms with Gasteiger partial charge in [-0.2, -0.15) is 0 Å². The van der Waals surface area contributed by atoms with Crippen molar-refractivity contribution in [3.63, 3.8) is 0 Å². The molecule has 7 nitrogen and oxygen atoms in total. The zero-order valence-electron chi connectivity index (χ0n) is 16.4. The second-order valence-electron chi connectivity index (χ2n) is 6.91. The minimum Gasteiger partial charge on any atom is -0.349 e. The molecule has 7 heteroatoms. The number of nitrogens with one attached hydrogen (secondary N) is 2. The summed E-state index contributed by atoms with van der Waals surface area (Å²) in [6.07, 6.45) is 1.74. The predicted octanol–water partition coefficient (Wildman–Crippen LogP) is 1.86. The number of aromatic nitrogens is 2. The highest BCUT2D eigenvalue weighted by atomic mass is 16.2. The minimum absolute atomic E-state index is 0.196. The van der Waals surface area contributed by atoms with Gasteiger partial charge in [0.1, 0.15) is 0 Å². The van der Waals surface area contributed by atoms with Crippen LogP contribution in [-0.4, -0.2) is 53.3 Å². The Morgan fingerprint density at radius 2 is 1.79 bits per heavy atom. The number of carbonyl (C=O) groups excluding carboxylic acids is 2. The number of likely N-dealkylation sites (N-methyl/N-ethyl adjacent to an activating group) is 1. The Morgan fingerprint density at radius 1 is 1.04 bits per heavy atom. The molecule has 28 heavy (non-hydrogen) atoms. The zero-order valence-corrected chi connectivity index (χ0v) is 16.4. The summed E-state index contributed by atoms with van der Waals surface area (Å²) in [5, 5.41) is 5.75. The summed E-state index contributed by atoms with van der Waals surface area (Å²) in [4.78, 5) is 31.6. The third-order valence-electron chi connectivity index (χ3n) is 4.51. The topological polar surface area (TPSA) is 78.7 Å². The molecule has 2 heterocycles. The molecule has 0 saturated carbocycles. The van der Waals surface area contributed by atoms with Gasteiger partial charge in [-0.25, -0.2) is 4.98 Å². The van der Waals surface area contributed by atoms with Crippen LogP contribution in [0.3, 0.4) is 0 Å². The molecule has 0 aliphatic rings. The number of rotatable bonds is 7. The number of nitrogens with zero attached hydrogens (tertiary/aromatic N) is 3. The van der Waals surface area contributed by atoms with Gasteiger partial charge >= 0.3 is 0 Å². The van der Waals surface area contributed by atoms with Gasteiger partial charge in [-0.15, -0.1) is 0 Å². The molecule has 0 radical (unpaired) electrons. The summed E-state index contributed by atoms with van der Waals surface area (Å²) in [7, 11) is 3.88. The van der Waals surface area contributed by atoms with Gasteiger partial charge in [0.25, 0.3) is 11.8 Å². The minimum atomic E-state index is -0.322. The van der Waals surface area contributed by atoms with Crippen LogP contribution in [0, 0.1) is 6.92 Å². The Hall–Kier alpha value is -3.19. The molecule has 0 bridgehead atoms. The highest BCUT2D eigenvalue weighted by Gasteiger charge is 2.21. The number of imidazole rings is 1. The molecule has 0 aliphatic heterocycles. The lowest BCUT2D eigenvalue weighted by Crippen LogP contribution is -2.31. The molecule has 146 valence electrons. The Morgan fingerprint density at radius 3 is 2.54 bits per heavy atom. The van der Waals surface area contributed by atoms with Crippen LogP contribution in [0.15, 0.2) is 48.7 Å². The maximum Gasteiger partial charge on any atom is 0.287 e. The van der Waals surface area contributed by atoms with Crippen molar-refractivity contribution in [3.8, 4) is 0 Å². The largest absolute Gasteiger partial charge is 0.349 e. The smallest absolute Gasteiger partial charge is 0.287 e. The van der Waals surface area contributed by atoms with Crippen LogP contribution in [0.5, 0.6) is 0 Å². The highest BCUT2D eigenvalue weighted by Crippen LogP contribution is 2.14. The SMILES string of the molecule is Cc1ccccc1CNC(=O)c1nc(C(=O)NCCN(C)C)c2ccccn12. The summed E-state index contributed by atoms with van der Waals surface area (Å²) in [5.74, 6) is -0.415. The van der Waals surface area contributed by atoms with Crippen LogP contribution in [0.25, 0.3) is 5.52 Å². The molecule has 2 N–H and O–H groups in total. The van der Waals surface area contributed by atoms with Gasteiger partial charge < -0.3 is 15.5 Å². The summed E-state index contributed by atoms with van der Waals surface area (Å²) in [6.45, 7) is 3.63. The van der Waals surface area contributed by atoms with E-state index in [4.69, 9.17) is 0 Å². The van der Waals surface area contributed by atoms with Crippen molar-refractivity contribution in [3.05, 3.63) is 71.3 Å². The van der Waals surface area contributed by atoms with E-state index in [9.17, 15) is 9.59 Å². The standard InChI is InChI=1S/C21H25N5O2/c1-15-8-4-5-9-16(15)14-23-21(28)19-24-18(17-10-6-7-12-26(17)19)20(27)22-11-13-25(2)3/h4-10,12H,11,13-14H2,1-3H3,(H,22,27)(H,23,28). The van der Waals surface area contributed by atoms with E-state index in [-0.39, 0.29) is 23.3 Å². The number of amides is 2. The van der Waals surface area contributed by atoms with Crippen LogP contribution in [0.1, 0.15) is 32.2 Å². The van der Waals surface area contributed by atoms with Crippen molar-refractivity contribution in [1.29, 1.82) is 0 Å². The molecule has 3 aromatic rings. The van der Waals surface area contributed by atoms with Crippen molar-refractivity contribution in [2.45, 2.75) is 13.5 Å². The van der Waals surface area contributed by atoms with Crippen LogP contribution < -0.4 is 10.6 Å². The summed E-state index contributed by atoms with van der Waals surface area (Å²) in [6, 6.07) is 13.3. The van der Waals surface area contributed by atoms with E-state index >= 15 is 0 Å². The fourth-order valence-corrected chi connectivity index (χ4v) is 2.90. The van der Waals surface area contributed by atoms with E-state index in [1.807, 2.05) is 56.3 Å². The monoisotopic (exact) mass is 379 g/mol. The van der Waals surface area contributed by atoms with Crippen molar-refractivity contribution in [2.24, 2.45) is 0 Å². The summed E-state index contributed by atoms with van der Waals surface area (Å²) in [5.41, 5.74) is 3.00. The molecule has 0 unspecified atom stereocenters. The van der Waals surface area contributed by atoms with Gasteiger partial charge in [-0.1, -0.05) is 30.3 Å². The van der Waals surface area contributed by atoms with Crippen LogP contribution in [0.2, 0.25) is 0 Å². The van der Waals surface area contributed by atoms with E-state index in [0.29, 0.717) is 18.6 Å². The predicted molar refractivity (Wildman–Crippen MR) is 108 cm³/mol. The molecule has 2 amide bonds. The van der Waals surface area contributed by atoms with Crippen molar-refractivity contribution in [2.75, 3.05) is 27.2 Å². The first-order valence-electron chi connectivity index (χ1n) is 9.20. The molecule has 0 saturated heterocycles. The maximum atomic E-state index is 12.7. The number of carbonyl (C=O) groups is 2. The van der Waals surface area contributed by atoms with Gasteiger partial charge in [0, 0.05) is 25.8 Å². The first-order chi connectivity index (χ1) is 13.5. The Labute approximate surface area is 164 Å². The van der Waals surface area contributed by atoms with E-state index in [2.05, 4.69) is 15.6 Å². The van der Waals surface area contributed by atoms with Crippen LogP contribution >= 0.6 is 0 Å². The summed E-state index contributed by atoms with van der Waals surface area (Å²) < 4.78 is 1.65. The van der Waals surface area contributed by atoms with E-state index < -0.39 is 0 Å². The molecule has 3 rings (SSSR count). The van der Waals surface area contributed by atoms with Crippen LogP contribution in [-0.2, 0) is 6.54 Å². The Bertz CT molecular complexity index is 993. The molecular weight excluding hydrogens is 354 g/mol. The molecule has 1 aromatic carbocycles. The fourth-order valence-electron chi connectivity index (χ4n) is 2.90. The van der Waals surface area contributed by atoms with Crippen molar-refractivity contribution in [1.82, 2.24) is 24.9 Å². The van der Waals surface area contributed by atoms with Gasteiger partial charge in [0.15, 0.2) is 5.69 Å². The quantitative estimate of drug-likeness (QED) is 0.657. The van der Waals surface area contributed by atoms with Crippen LogP contribution in [0.4, 0.5) is 0 Å². The number of pyridine rings is 1. The van der Waals surface area contributed by atoms with E-state index in [1.54, 1.807) is 22.7 Å². The second-order valence-corrected chi connectivity index (χ2v) is 6.91. The fraction of sp³-hybridized carbons (Fsp3) is 0.286. The van der Waals surface area contributed by atoms with Gasteiger partial charge in [0.2, 0.25) is 5.82 Å². The lowest BCUT2D eigenvalue weighted by Gasteiger charge is -2.09. The Balaban J connectivity index is 1.80. The third-order valence-corrected chi connectivity index (χ3v) is 4.51. The lowest BCUT2D eigenvalue weighted by atomic mass is 10.1. The molecule has 0 fully saturated rings. The first-order valence-corrected chi connectivity index (χ1v) is 9.20. The number of aryl methyl sites for hydroxylation is 1. The number of hydrogen-bond donors (Lipinski definition) is 2. The lowest BCUT2D eigenvalue weighted by molar-refractivity contribution is 0.0939. The summed E-state index contributed by atoms with van der Waals surface area (Å²) >= 11 is 0. The first kappa shape index (κ1) is 19.6. The molecule has 0 aliphatic carbocycles. The average molecular weight is 379 g/mol. The van der Waals surface area contributed by atoms with Gasteiger partial charge in [-0.05, 0) is 44.3 Å². The molecule has 0 spiro atoms. The maximum absolute atomic E-state index is 12.7. The second kappa shape index (κ2) is 8.67. The number of fused-ring (bicyclic) bond motifs is 1. The molecule has 2 aromatic heterocycles. The van der Waals surface area contributed by atoms with Gasteiger partial charge in [0.05, 0.1) is 5.52 Å². The third kappa shape index (κ3) is 4.37. The average Bonchev–Trinajstić information content (AvgIpc) is 3.07. The van der Waals surface area contributed by atoms with E-state index in [1.165, 1.54) is 0 Å². The van der Waals surface area contributed by atoms with Crippen molar-refractivity contribution < 1.29 is 9.59 Å². The number of benzene rings is 1.